The second-order valence-electron chi connectivity index (χ2n) is 14.8. The molecule has 0 radical (unpaired) electrons. The van der Waals surface area contributed by atoms with Crippen LogP contribution >= 0.6 is 15.1 Å². The van der Waals surface area contributed by atoms with E-state index in [1.807, 2.05) is 0 Å². The van der Waals surface area contributed by atoms with Crippen LogP contribution in [-0.4, -0.2) is 37.9 Å². The molecule has 0 fully saturated rings. The van der Waals surface area contributed by atoms with Gasteiger partial charge in [0.15, 0.2) is 0 Å². The maximum atomic E-state index is 11.5. The van der Waals surface area contributed by atoms with Gasteiger partial charge < -0.3 is 13.9 Å². The summed E-state index contributed by atoms with van der Waals surface area (Å²) in [5.41, 5.74) is 0. The average molecular weight is 721 g/mol. The molecule has 292 valence electrons. The van der Waals surface area contributed by atoms with Crippen LogP contribution < -0.4 is 4.89 Å². The average Bonchev–Trinajstić information content (AvgIpc) is 3.08. The molecule has 0 aliphatic carbocycles. The molecular weight excluding hydrogens is 630 g/mol. The Hall–Kier alpha value is 0.540. The molecule has 0 aromatic rings. The highest BCUT2D eigenvalue weighted by Gasteiger charge is 2.34. The second kappa shape index (κ2) is 40.3. The monoisotopic (exact) mass is 721 g/mol. The Kier molecular flexibility index (Phi) is 42.5. The van der Waals surface area contributed by atoms with Crippen molar-refractivity contribution in [2.45, 2.75) is 234 Å². The zero-order chi connectivity index (χ0) is 35.9. The van der Waals surface area contributed by atoms with Crippen molar-refractivity contribution >= 4 is 15.1 Å². The van der Waals surface area contributed by atoms with Gasteiger partial charge in [-0.15, -0.1) is 0 Å². The molecule has 0 bridgehead atoms. The van der Waals surface area contributed by atoms with Gasteiger partial charge in [-0.25, -0.2) is 0 Å². The fourth-order valence-electron chi connectivity index (χ4n) is 6.59. The Labute approximate surface area is 304 Å². The molecule has 0 spiro atoms. The van der Waals surface area contributed by atoms with E-state index in [9.17, 15) is 9.46 Å². The van der Waals surface area contributed by atoms with E-state index < -0.39 is 15.1 Å². The van der Waals surface area contributed by atoms with Crippen molar-refractivity contribution in [2.75, 3.05) is 37.9 Å². The molecule has 0 saturated heterocycles. The molecule has 0 aliphatic rings. The lowest BCUT2D eigenvalue weighted by Gasteiger charge is -2.28. The minimum absolute atomic E-state index is 0.253. The van der Waals surface area contributed by atoms with Crippen LogP contribution in [0.1, 0.15) is 234 Å². The van der Waals surface area contributed by atoms with Gasteiger partial charge in [-0.2, -0.15) is 0 Å². The van der Waals surface area contributed by atoms with E-state index in [0.29, 0.717) is 0 Å². The highest BCUT2D eigenvalue weighted by atomic mass is 31.2. The number of hydrogen-bond acceptors (Lipinski definition) is 4. The summed E-state index contributed by atoms with van der Waals surface area (Å²) < 4.78 is 21.2. The van der Waals surface area contributed by atoms with Gasteiger partial charge in [0, 0.05) is 7.26 Å². The number of unbranched alkanes of at least 4 members (excludes halogenated alkanes) is 24. The first-order valence-electron chi connectivity index (χ1n) is 21.8. The first kappa shape index (κ1) is 50.6. The van der Waals surface area contributed by atoms with Crippen LogP contribution in [0, 0.1) is 0 Å². The third-order valence-corrected chi connectivity index (χ3v) is 16.0. The summed E-state index contributed by atoms with van der Waals surface area (Å²) in [6.45, 7) is 14.3. The summed E-state index contributed by atoms with van der Waals surface area (Å²) in [7, 11) is -4.69. The van der Waals surface area contributed by atoms with Gasteiger partial charge in [0.25, 0.3) is 7.82 Å². The maximum Gasteiger partial charge on any atom is 0.267 e. The fraction of sp³-hybridized carbons (Fsp3) is 1.00. The molecule has 0 rings (SSSR count). The lowest BCUT2D eigenvalue weighted by molar-refractivity contribution is -0.225. The molecule has 0 heterocycles. The SMILES string of the molecule is CCCCCCCCCCCCCC[P+](CCCC)(CCCC)CCCC.CCCCCCCCOP(=O)([O-])OCCCCCCCC. The molecular formula is C42H90O4P2. The first-order chi connectivity index (χ1) is 23.4. The van der Waals surface area contributed by atoms with E-state index in [0.717, 1.165) is 38.5 Å². The minimum atomic E-state index is -4.07. The molecule has 0 amide bonds. The molecule has 4 nitrogen and oxygen atoms in total. The predicted octanol–water partition coefficient (Wildman–Crippen LogP) is 15.3. The highest BCUT2D eigenvalue weighted by Crippen LogP contribution is 2.61. The summed E-state index contributed by atoms with van der Waals surface area (Å²) in [6, 6.07) is 0. The van der Waals surface area contributed by atoms with Crippen LogP contribution in [0.4, 0.5) is 0 Å². The molecule has 0 aromatic carbocycles. The first-order valence-corrected chi connectivity index (χ1v) is 25.8. The predicted molar refractivity (Wildman–Crippen MR) is 218 cm³/mol. The van der Waals surface area contributed by atoms with Crippen LogP contribution in [0.2, 0.25) is 0 Å². The van der Waals surface area contributed by atoms with Gasteiger partial charge in [-0.1, -0.05) is 189 Å². The van der Waals surface area contributed by atoms with E-state index in [1.165, 1.54) is 148 Å². The van der Waals surface area contributed by atoms with E-state index in [-0.39, 0.29) is 13.2 Å². The maximum absolute atomic E-state index is 11.5. The van der Waals surface area contributed by atoms with Crippen LogP contribution in [0.3, 0.4) is 0 Å². The van der Waals surface area contributed by atoms with Crippen LogP contribution in [0.5, 0.6) is 0 Å². The topological polar surface area (TPSA) is 58.6 Å². The van der Waals surface area contributed by atoms with E-state index in [4.69, 9.17) is 9.05 Å². The lowest BCUT2D eigenvalue weighted by atomic mass is 10.1. The van der Waals surface area contributed by atoms with Gasteiger partial charge in [0.1, 0.15) is 0 Å². The van der Waals surface area contributed by atoms with Crippen molar-refractivity contribution in [3.05, 3.63) is 0 Å². The summed E-state index contributed by atoms with van der Waals surface area (Å²) in [6.07, 6.45) is 46.3. The van der Waals surface area contributed by atoms with Crippen molar-refractivity contribution in [2.24, 2.45) is 0 Å². The van der Waals surface area contributed by atoms with E-state index in [2.05, 4.69) is 41.5 Å². The Balaban J connectivity index is 0. The van der Waals surface area contributed by atoms with Crippen molar-refractivity contribution in [3.63, 3.8) is 0 Å². The smallest absolute Gasteiger partial charge is 0.267 e. The van der Waals surface area contributed by atoms with Gasteiger partial charge >= 0.3 is 0 Å². The molecule has 0 N–H and O–H groups in total. The zero-order valence-corrected chi connectivity index (χ0v) is 35.8. The third kappa shape index (κ3) is 37.8. The van der Waals surface area contributed by atoms with Crippen molar-refractivity contribution in [1.29, 1.82) is 0 Å². The Morgan fingerprint density at radius 1 is 0.354 bits per heavy atom. The molecule has 0 aliphatic heterocycles. The molecule has 48 heavy (non-hydrogen) atoms. The van der Waals surface area contributed by atoms with Gasteiger partial charge in [-0.3, -0.25) is 4.57 Å². The zero-order valence-electron chi connectivity index (χ0n) is 34.0. The normalized spacial score (nSPS) is 12.0. The van der Waals surface area contributed by atoms with E-state index in [1.54, 1.807) is 31.1 Å². The summed E-state index contributed by atoms with van der Waals surface area (Å²) in [5, 5.41) is 0. The quantitative estimate of drug-likeness (QED) is 0.0471. The van der Waals surface area contributed by atoms with Crippen molar-refractivity contribution in [3.8, 4) is 0 Å². The van der Waals surface area contributed by atoms with Crippen LogP contribution in [0.15, 0.2) is 0 Å². The summed E-state index contributed by atoms with van der Waals surface area (Å²) in [5.74, 6) is 0. The fourth-order valence-corrected chi connectivity index (χ4v) is 12.6. The molecule has 0 unspecified atom stereocenters. The molecule has 6 heteroatoms. The van der Waals surface area contributed by atoms with Gasteiger partial charge in [0.05, 0.1) is 37.9 Å². The number of phosphoric acid groups is 1. The van der Waals surface area contributed by atoms with Gasteiger partial charge in [0.2, 0.25) is 0 Å². The lowest BCUT2D eigenvalue weighted by Crippen LogP contribution is -2.13. The summed E-state index contributed by atoms with van der Waals surface area (Å²) in [4.78, 5) is 11.5. The Morgan fingerprint density at radius 3 is 0.875 bits per heavy atom. The van der Waals surface area contributed by atoms with Gasteiger partial charge in [-0.05, 0) is 44.9 Å². The number of hydrogen-bond donors (Lipinski definition) is 0. The second-order valence-corrected chi connectivity index (χ2v) is 20.7. The largest absolute Gasteiger partial charge is 0.756 e. The van der Waals surface area contributed by atoms with Crippen molar-refractivity contribution in [1.82, 2.24) is 0 Å². The van der Waals surface area contributed by atoms with E-state index >= 15 is 0 Å². The third-order valence-electron chi connectivity index (χ3n) is 9.94. The Morgan fingerprint density at radius 2 is 0.583 bits per heavy atom. The summed E-state index contributed by atoms with van der Waals surface area (Å²) >= 11 is 0. The molecule has 0 saturated carbocycles. The highest BCUT2D eigenvalue weighted by molar-refractivity contribution is 7.75. The minimum Gasteiger partial charge on any atom is -0.756 e. The standard InChI is InChI=1S/C26H56P.C16H35O4P/c1-5-9-13-14-15-16-17-18-19-20-21-22-26-27(23-10-6-2,24-11-7-3)25-12-8-4;1-3-5-7-9-11-13-15-19-21(17,18)20-16-14-12-10-8-6-4-2/h5-26H2,1-4H3;3-16H2,1-2H3,(H,17,18)/q+1;/p-1. The molecule has 0 atom stereocenters. The molecule has 0 aromatic heterocycles. The number of phosphoric ester groups is 1. The van der Waals surface area contributed by atoms with Crippen LogP contribution in [0.25, 0.3) is 0 Å². The number of rotatable bonds is 38. The Bertz CT molecular complexity index is 601. The van der Waals surface area contributed by atoms with Crippen LogP contribution in [-0.2, 0) is 13.6 Å². The van der Waals surface area contributed by atoms with Crippen molar-refractivity contribution < 1.29 is 18.5 Å².